The molecule has 1 atom stereocenters. The molecule has 4 rings (SSSR count). The summed E-state index contributed by atoms with van der Waals surface area (Å²) in [6.07, 6.45) is 0.818. The minimum absolute atomic E-state index is 0.570. The topological polar surface area (TPSA) is 27.7 Å². The van der Waals surface area contributed by atoms with Gasteiger partial charge in [-0.2, -0.15) is 0 Å². The van der Waals surface area contributed by atoms with Crippen LogP contribution in [0.3, 0.4) is 0 Å². The fraction of sp³-hybridized carbons (Fsp3) is 0.200. The zero-order valence-corrected chi connectivity index (χ0v) is 14.5. The van der Waals surface area contributed by atoms with Crippen molar-refractivity contribution in [3.05, 3.63) is 77.4 Å². The second-order valence-electron chi connectivity index (χ2n) is 5.78. The predicted octanol–water partition coefficient (Wildman–Crippen LogP) is 5.41. The molecule has 1 heterocycles. The lowest BCUT2D eigenvalue weighted by Gasteiger charge is -2.13. The molecule has 1 aliphatic heterocycles. The summed E-state index contributed by atoms with van der Waals surface area (Å²) in [5.74, 6) is 0.920. The number of hydrogen-bond donors (Lipinski definition) is 0. The minimum atomic E-state index is -0.863. The van der Waals surface area contributed by atoms with Gasteiger partial charge >= 0.3 is 0 Å². The third-order valence-electron chi connectivity index (χ3n) is 4.28. The lowest BCUT2D eigenvalue weighted by Crippen LogP contribution is -1.97. The number of benzene rings is 3. The Morgan fingerprint density at radius 3 is 2.67 bits per heavy atom. The van der Waals surface area contributed by atoms with Crippen molar-refractivity contribution < 1.29 is 13.8 Å². The molecule has 4 heteroatoms. The van der Waals surface area contributed by atoms with Crippen molar-refractivity contribution in [2.24, 2.45) is 0 Å². The van der Waals surface area contributed by atoms with Gasteiger partial charge in [-0.05, 0) is 28.1 Å². The average molecular weight is 338 g/mol. The molecule has 24 heavy (non-hydrogen) atoms. The maximum atomic E-state index is 6.11. The van der Waals surface area contributed by atoms with E-state index >= 15 is 0 Å². The summed E-state index contributed by atoms with van der Waals surface area (Å²) in [4.78, 5) is 0. The SMILES string of the molecule is COP1Cc2cccc3c(OCc4ccccc4)ccc(c23)CO1. The quantitative estimate of drug-likeness (QED) is 0.596. The van der Waals surface area contributed by atoms with Gasteiger partial charge in [0.05, 0.1) is 6.61 Å². The van der Waals surface area contributed by atoms with Crippen LogP contribution in [0, 0.1) is 0 Å². The van der Waals surface area contributed by atoms with Crippen molar-refractivity contribution in [2.45, 2.75) is 19.4 Å². The zero-order valence-electron chi connectivity index (χ0n) is 13.6. The first kappa shape index (κ1) is 15.6. The molecule has 3 nitrogen and oxygen atoms in total. The van der Waals surface area contributed by atoms with E-state index in [4.69, 9.17) is 13.8 Å². The lowest BCUT2D eigenvalue weighted by molar-refractivity contribution is 0.276. The summed E-state index contributed by atoms with van der Waals surface area (Å²) >= 11 is 0. The van der Waals surface area contributed by atoms with Crippen molar-refractivity contribution in [2.75, 3.05) is 7.11 Å². The van der Waals surface area contributed by atoms with Gasteiger partial charge < -0.3 is 13.8 Å². The molecule has 0 fully saturated rings. The van der Waals surface area contributed by atoms with Crippen molar-refractivity contribution >= 4 is 19.1 Å². The van der Waals surface area contributed by atoms with Gasteiger partial charge in [-0.15, -0.1) is 0 Å². The molecule has 0 radical (unpaired) electrons. The highest BCUT2D eigenvalue weighted by Crippen LogP contribution is 2.47. The highest BCUT2D eigenvalue weighted by Gasteiger charge is 2.20. The van der Waals surface area contributed by atoms with Crippen LogP contribution in [0.2, 0.25) is 0 Å². The van der Waals surface area contributed by atoms with E-state index in [0.717, 1.165) is 17.3 Å². The molecule has 0 aliphatic carbocycles. The first-order chi connectivity index (χ1) is 11.8. The highest BCUT2D eigenvalue weighted by molar-refractivity contribution is 7.46. The molecule has 122 valence electrons. The van der Waals surface area contributed by atoms with Crippen LogP contribution in [-0.2, 0) is 28.4 Å². The summed E-state index contributed by atoms with van der Waals surface area (Å²) in [6.45, 7) is 1.16. The molecule has 0 spiro atoms. The van der Waals surface area contributed by atoms with Gasteiger partial charge in [0.1, 0.15) is 12.4 Å². The molecule has 3 aromatic carbocycles. The first-order valence-corrected chi connectivity index (χ1v) is 9.36. The maximum Gasteiger partial charge on any atom is 0.175 e. The molecule has 0 N–H and O–H groups in total. The van der Waals surface area contributed by atoms with Gasteiger partial charge in [0.2, 0.25) is 0 Å². The summed E-state index contributed by atoms with van der Waals surface area (Å²) in [5.41, 5.74) is 3.65. The average Bonchev–Trinajstić information content (AvgIpc) is 2.83. The van der Waals surface area contributed by atoms with Crippen LogP contribution in [0.15, 0.2) is 60.7 Å². The van der Waals surface area contributed by atoms with Gasteiger partial charge in [-0.1, -0.05) is 54.6 Å². The van der Waals surface area contributed by atoms with Gasteiger partial charge in [0, 0.05) is 18.7 Å². The summed E-state index contributed by atoms with van der Waals surface area (Å²) in [6, 6.07) is 20.8. The monoisotopic (exact) mass is 338 g/mol. The lowest BCUT2D eigenvalue weighted by atomic mass is 9.99. The molecule has 0 saturated carbocycles. The Bertz CT molecular complexity index is 848. The van der Waals surface area contributed by atoms with E-state index in [9.17, 15) is 0 Å². The second kappa shape index (κ2) is 6.90. The zero-order chi connectivity index (χ0) is 16.4. The number of ether oxygens (including phenoxy) is 1. The van der Waals surface area contributed by atoms with Gasteiger partial charge in [0.15, 0.2) is 8.38 Å². The summed E-state index contributed by atoms with van der Waals surface area (Å²) < 4.78 is 17.5. The third kappa shape index (κ3) is 3.03. The molecule has 0 saturated heterocycles. The van der Waals surface area contributed by atoms with Crippen LogP contribution in [0.5, 0.6) is 5.75 Å². The van der Waals surface area contributed by atoms with Gasteiger partial charge in [0.25, 0.3) is 0 Å². The van der Waals surface area contributed by atoms with E-state index in [1.165, 1.54) is 22.1 Å². The van der Waals surface area contributed by atoms with Crippen LogP contribution in [0.1, 0.15) is 16.7 Å². The van der Waals surface area contributed by atoms with Crippen molar-refractivity contribution in [1.82, 2.24) is 0 Å². The van der Waals surface area contributed by atoms with Crippen LogP contribution in [0.25, 0.3) is 10.8 Å². The van der Waals surface area contributed by atoms with E-state index in [-0.39, 0.29) is 0 Å². The van der Waals surface area contributed by atoms with Gasteiger partial charge in [-0.3, -0.25) is 0 Å². The van der Waals surface area contributed by atoms with Crippen LogP contribution in [0.4, 0.5) is 0 Å². The van der Waals surface area contributed by atoms with E-state index in [0.29, 0.717) is 13.2 Å². The molecule has 0 bridgehead atoms. The molecular formula is C20H19O3P. The molecule has 1 aliphatic rings. The van der Waals surface area contributed by atoms with E-state index in [2.05, 4.69) is 36.4 Å². The van der Waals surface area contributed by atoms with E-state index in [1.807, 2.05) is 24.3 Å². The Morgan fingerprint density at radius 1 is 0.958 bits per heavy atom. The smallest absolute Gasteiger partial charge is 0.175 e. The Labute approximate surface area is 143 Å². The normalized spacial score (nSPS) is 16.8. The Balaban J connectivity index is 1.71. The Morgan fingerprint density at radius 2 is 1.83 bits per heavy atom. The molecule has 3 aromatic rings. The number of hydrogen-bond acceptors (Lipinski definition) is 3. The van der Waals surface area contributed by atoms with Crippen molar-refractivity contribution in [3.8, 4) is 5.75 Å². The maximum absolute atomic E-state index is 6.11. The van der Waals surface area contributed by atoms with Gasteiger partial charge in [-0.25, -0.2) is 0 Å². The summed E-state index contributed by atoms with van der Waals surface area (Å²) in [7, 11) is 0.856. The molecular weight excluding hydrogens is 319 g/mol. The van der Waals surface area contributed by atoms with Crippen molar-refractivity contribution in [3.63, 3.8) is 0 Å². The molecule has 1 unspecified atom stereocenters. The first-order valence-electron chi connectivity index (χ1n) is 8.00. The van der Waals surface area contributed by atoms with Crippen molar-refractivity contribution in [1.29, 1.82) is 0 Å². The van der Waals surface area contributed by atoms with Crippen LogP contribution < -0.4 is 4.74 Å². The van der Waals surface area contributed by atoms with E-state index < -0.39 is 8.38 Å². The Kier molecular flexibility index (Phi) is 4.48. The second-order valence-corrected chi connectivity index (χ2v) is 7.39. The summed E-state index contributed by atoms with van der Waals surface area (Å²) in [5, 5.41) is 2.41. The predicted molar refractivity (Wildman–Crippen MR) is 97.1 cm³/mol. The minimum Gasteiger partial charge on any atom is -0.488 e. The largest absolute Gasteiger partial charge is 0.488 e. The molecule has 0 aromatic heterocycles. The standard InChI is InChI=1S/C20H19O3P/c1-21-24-14-17-8-5-9-18-19(11-10-16(13-23-24)20(17)18)22-12-15-6-3-2-4-7-15/h2-11H,12-14H2,1H3. The fourth-order valence-corrected chi connectivity index (χ4v) is 4.24. The fourth-order valence-electron chi connectivity index (χ4n) is 3.09. The number of rotatable bonds is 4. The van der Waals surface area contributed by atoms with Crippen LogP contribution in [-0.4, -0.2) is 7.11 Å². The van der Waals surface area contributed by atoms with E-state index in [1.54, 1.807) is 7.11 Å². The third-order valence-corrected chi connectivity index (χ3v) is 5.70. The highest BCUT2D eigenvalue weighted by atomic mass is 31.2. The Hall–Kier alpha value is -1.93. The molecule has 0 amide bonds. The van der Waals surface area contributed by atoms with Crippen LogP contribution >= 0.6 is 8.38 Å².